The molecule has 2 aromatic carbocycles. The largest absolute Gasteiger partial charge is 0.497 e. The highest BCUT2D eigenvalue weighted by molar-refractivity contribution is 7.92. The fraction of sp³-hybridized carbons (Fsp3) is 0.278. The highest BCUT2D eigenvalue weighted by atomic mass is 32.2. The maximum absolute atomic E-state index is 12.5. The average Bonchev–Trinajstić information content (AvgIpc) is 2.89. The summed E-state index contributed by atoms with van der Waals surface area (Å²) >= 11 is 0. The van der Waals surface area contributed by atoms with Gasteiger partial charge >= 0.3 is 0 Å². The van der Waals surface area contributed by atoms with Gasteiger partial charge in [0.15, 0.2) is 0 Å². The van der Waals surface area contributed by atoms with Crippen LogP contribution in [0.3, 0.4) is 0 Å². The molecule has 1 heterocycles. The third kappa shape index (κ3) is 3.32. The van der Waals surface area contributed by atoms with E-state index in [1.807, 2.05) is 13.8 Å². The van der Waals surface area contributed by atoms with Crippen molar-refractivity contribution in [2.45, 2.75) is 24.7 Å². The van der Waals surface area contributed by atoms with Crippen LogP contribution < -0.4 is 14.8 Å². The quantitative estimate of drug-likeness (QED) is 0.858. The van der Waals surface area contributed by atoms with E-state index in [2.05, 4.69) is 10.0 Å². The number of nitrogens with one attached hydrogen (secondary N) is 2. The number of carbonyl (C=O) groups excluding carboxylic acids is 1. The predicted octanol–water partition coefficient (Wildman–Crippen LogP) is 3.19. The van der Waals surface area contributed by atoms with E-state index < -0.39 is 10.0 Å². The summed E-state index contributed by atoms with van der Waals surface area (Å²) < 4.78 is 32.7. The van der Waals surface area contributed by atoms with Crippen LogP contribution in [0.4, 0.5) is 11.4 Å². The minimum absolute atomic E-state index is 0.0554. The van der Waals surface area contributed by atoms with Crippen LogP contribution in [0.2, 0.25) is 0 Å². The molecule has 1 aliphatic rings. The molecule has 3 rings (SSSR count). The summed E-state index contributed by atoms with van der Waals surface area (Å²) in [5, 5.41) is 2.83. The first kappa shape index (κ1) is 17.3. The summed E-state index contributed by atoms with van der Waals surface area (Å²) in [4.78, 5) is 12.2. The maximum atomic E-state index is 12.5. The lowest BCUT2D eigenvalue weighted by atomic mass is 9.89. The predicted molar refractivity (Wildman–Crippen MR) is 96.5 cm³/mol. The van der Waals surface area contributed by atoms with Gasteiger partial charge in [0.25, 0.3) is 10.0 Å². The maximum Gasteiger partial charge on any atom is 0.261 e. The number of hydrogen-bond acceptors (Lipinski definition) is 4. The minimum atomic E-state index is -3.72. The fourth-order valence-corrected chi connectivity index (χ4v) is 4.03. The Labute approximate surface area is 147 Å². The Morgan fingerprint density at radius 3 is 2.40 bits per heavy atom. The first-order valence-corrected chi connectivity index (χ1v) is 9.42. The van der Waals surface area contributed by atoms with Crippen molar-refractivity contribution in [2.75, 3.05) is 17.1 Å². The van der Waals surface area contributed by atoms with E-state index in [4.69, 9.17) is 4.74 Å². The van der Waals surface area contributed by atoms with Gasteiger partial charge in [-0.05, 0) is 53.9 Å². The van der Waals surface area contributed by atoms with Gasteiger partial charge in [-0.25, -0.2) is 8.42 Å². The van der Waals surface area contributed by atoms with Gasteiger partial charge < -0.3 is 10.1 Å². The monoisotopic (exact) mass is 360 g/mol. The van der Waals surface area contributed by atoms with E-state index in [1.165, 1.54) is 19.2 Å². The number of ether oxygens (including phenoxy) is 1. The standard InChI is InChI=1S/C18H20N2O4S/c1-11(2)17-15-10-12(4-9-16(15)19-18(17)21)20-25(22,23)14-7-5-13(24-3)6-8-14/h4-11,17,20H,1-3H3,(H,19,21). The smallest absolute Gasteiger partial charge is 0.261 e. The summed E-state index contributed by atoms with van der Waals surface area (Å²) in [5.41, 5.74) is 1.97. The molecule has 0 fully saturated rings. The van der Waals surface area contributed by atoms with Crippen molar-refractivity contribution in [2.24, 2.45) is 5.92 Å². The van der Waals surface area contributed by atoms with Gasteiger partial charge in [0.2, 0.25) is 5.91 Å². The van der Waals surface area contributed by atoms with Gasteiger partial charge in [-0.1, -0.05) is 13.8 Å². The molecule has 0 aromatic heterocycles. The van der Waals surface area contributed by atoms with E-state index in [9.17, 15) is 13.2 Å². The van der Waals surface area contributed by atoms with Crippen molar-refractivity contribution in [3.8, 4) is 5.75 Å². The molecule has 0 bridgehead atoms. The zero-order valence-corrected chi connectivity index (χ0v) is 15.1. The molecular weight excluding hydrogens is 340 g/mol. The van der Waals surface area contributed by atoms with Crippen LogP contribution in [-0.4, -0.2) is 21.4 Å². The van der Waals surface area contributed by atoms with Crippen LogP contribution in [0.15, 0.2) is 47.4 Å². The molecule has 0 aliphatic carbocycles. The lowest BCUT2D eigenvalue weighted by Gasteiger charge is -2.14. The highest BCUT2D eigenvalue weighted by Crippen LogP contribution is 2.39. The summed E-state index contributed by atoms with van der Waals surface area (Å²) in [6.07, 6.45) is 0. The third-order valence-corrected chi connectivity index (χ3v) is 5.61. The zero-order chi connectivity index (χ0) is 18.2. The Morgan fingerprint density at radius 2 is 1.80 bits per heavy atom. The van der Waals surface area contributed by atoms with Crippen molar-refractivity contribution < 1.29 is 17.9 Å². The molecule has 0 saturated heterocycles. The summed E-state index contributed by atoms with van der Waals surface area (Å²) in [6, 6.07) is 11.2. The molecule has 0 spiro atoms. The van der Waals surface area contributed by atoms with Crippen molar-refractivity contribution in [3.05, 3.63) is 48.0 Å². The van der Waals surface area contributed by atoms with E-state index >= 15 is 0 Å². The van der Waals surface area contributed by atoms with Gasteiger partial charge in [-0.2, -0.15) is 0 Å². The van der Waals surface area contributed by atoms with Gasteiger partial charge in [0.05, 0.1) is 17.9 Å². The second-order valence-electron chi connectivity index (χ2n) is 6.29. The molecule has 1 atom stereocenters. The Morgan fingerprint density at radius 1 is 1.12 bits per heavy atom. The van der Waals surface area contributed by atoms with Crippen molar-refractivity contribution in [1.82, 2.24) is 0 Å². The zero-order valence-electron chi connectivity index (χ0n) is 14.2. The molecule has 1 aliphatic heterocycles. The Balaban J connectivity index is 1.89. The van der Waals surface area contributed by atoms with E-state index in [0.717, 1.165) is 11.3 Å². The first-order valence-electron chi connectivity index (χ1n) is 7.93. The second-order valence-corrected chi connectivity index (χ2v) is 7.98. The summed E-state index contributed by atoms with van der Waals surface area (Å²) in [5.74, 6) is 0.371. The van der Waals surface area contributed by atoms with Crippen LogP contribution in [-0.2, 0) is 14.8 Å². The highest BCUT2D eigenvalue weighted by Gasteiger charge is 2.33. The molecule has 2 N–H and O–H groups in total. The number of carbonyl (C=O) groups is 1. The number of anilines is 2. The van der Waals surface area contributed by atoms with Gasteiger partial charge in [0, 0.05) is 11.4 Å². The van der Waals surface area contributed by atoms with E-state index in [-0.39, 0.29) is 22.6 Å². The summed E-state index contributed by atoms with van der Waals surface area (Å²) in [7, 11) is -2.20. The third-order valence-electron chi connectivity index (χ3n) is 4.22. The van der Waals surface area contributed by atoms with Crippen molar-refractivity contribution in [1.29, 1.82) is 0 Å². The molecule has 1 amide bonds. The number of methoxy groups -OCH3 is 1. The molecule has 0 saturated carbocycles. The lowest BCUT2D eigenvalue weighted by Crippen LogP contribution is -2.17. The Hall–Kier alpha value is -2.54. The van der Waals surface area contributed by atoms with Crippen molar-refractivity contribution >= 4 is 27.3 Å². The number of sulfonamides is 1. The van der Waals surface area contributed by atoms with Crippen molar-refractivity contribution in [3.63, 3.8) is 0 Å². The number of benzene rings is 2. The van der Waals surface area contributed by atoms with Gasteiger partial charge in [0.1, 0.15) is 5.75 Å². The molecule has 0 radical (unpaired) electrons. The average molecular weight is 360 g/mol. The van der Waals surface area contributed by atoms with E-state index in [1.54, 1.807) is 30.3 Å². The summed E-state index contributed by atoms with van der Waals surface area (Å²) in [6.45, 7) is 3.93. The molecule has 2 aromatic rings. The lowest BCUT2D eigenvalue weighted by molar-refractivity contribution is -0.117. The van der Waals surface area contributed by atoms with E-state index in [0.29, 0.717) is 11.4 Å². The van der Waals surface area contributed by atoms with Crippen LogP contribution >= 0.6 is 0 Å². The molecular formula is C18H20N2O4S. The number of amides is 1. The van der Waals surface area contributed by atoms with Crippen LogP contribution in [0.5, 0.6) is 5.75 Å². The first-order chi connectivity index (χ1) is 11.8. The van der Waals surface area contributed by atoms with Crippen LogP contribution in [0.1, 0.15) is 25.3 Å². The SMILES string of the molecule is COc1ccc(S(=O)(=O)Nc2ccc3c(c2)C(C(C)C)C(=O)N3)cc1. The normalized spacial score (nSPS) is 16.5. The Bertz CT molecular complexity index is 905. The Kier molecular flexibility index (Phi) is 4.43. The molecule has 7 heteroatoms. The van der Waals surface area contributed by atoms with Crippen LogP contribution in [0.25, 0.3) is 0 Å². The fourth-order valence-electron chi connectivity index (χ4n) is 2.98. The van der Waals surface area contributed by atoms with Gasteiger partial charge in [-0.15, -0.1) is 0 Å². The minimum Gasteiger partial charge on any atom is -0.497 e. The van der Waals surface area contributed by atoms with Gasteiger partial charge in [-0.3, -0.25) is 9.52 Å². The molecule has 1 unspecified atom stereocenters. The molecule has 132 valence electrons. The molecule has 6 nitrogen and oxygen atoms in total. The molecule has 25 heavy (non-hydrogen) atoms. The second kappa shape index (κ2) is 6.40. The number of hydrogen-bond donors (Lipinski definition) is 2. The van der Waals surface area contributed by atoms with Crippen LogP contribution in [0, 0.1) is 5.92 Å². The number of fused-ring (bicyclic) bond motifs is 1. The topological polar surface area (TPSA) is 84.5 Å². The number of rotatable bonds is 5.